The third-order valence-corrected chi connectivity index (χ3v) is 8.74. The van der Waals surface area contributed by atoms with E-state index in [1.54, 1.807) is 11.8 Å². The van der Waals surface area contributed by atoms with E-state index in [0.717, 1.165) is 76.9 Å². The van der Waals surface area contributed by atoms with Crippen LogP contribution in [-0.2, 0) is 0 Å². The van der Waals surface area contributed by atoms with Gasteiger partial charge in [-0.1, -0.05) is 121 Å². The molecule has 0 aliphatic rings. The van der Waals surface area contributed by atoms with E-state index in [4.69, 9.17) is 19.9 Å². The van der Waals surface area contributed by atoms with Gasteiger partial charge in [-0.2, -0.15) is 0 Å². The van der Waals surface area contributed by atoms with Crippen LogP contribution >= 0.6 is 11.8 Å². The first-order valence-electron chi connectivity index (χ1n) is 14.8. The first kappa shape index (κ1) is 26.9. The molecule has 0 saturated carbocycles. The standard InChI is InChI=1S/C40H26N4S/c1-3-11-27(12-4-1)37-39(43-35-17-9-7-15-33(35)41-37)29-19-23-31(24-20-29)45-32-25-21-30(22-26-32)40-38(28-13-5-2-6-14-28)42-34-16-8-10-18-36(34)44-40/h1-26H. The number of benzene rings is 6. The number of hydrogen-bond donors (Lipinski definition) is 0. The van der Waals surface area contributed by atoms with Gasteiger partial charge in [0, 0.05) is 32.0 Å². The Labute approximate surface area is 265 Å². The Bertz CT molecular complexity index is 2100. The quantitative estimate of drug-likeness (QED) is 0.192. The summed E-state index contributed by atoms with van der Waals surface area (Å²) in [5.74, 6) is 0. The maximum atomic E-state index is 5.04. The van der Waals surface area contributed by atoms with Crippen molar-refractivity contribution in [1.29, 1.82) is 0 Å². The first-order valence-corrected chi connectivity index (χ1v) is 15.6. The lowest BCUT2D eigenvalue weighted by molar-refractivity contribution is 1.28. The van der Waals surface area contributed by atoms with Crippen molar-refractivity contribution in [3.05, 3.63) is 158 Å². The zero-order chi connectivity index (χ0) is 30.0. The summed E-state index contributed by atoms with van der Waals surface area (Å²) in [6.07, 6.45) is 0. The van der Waals surface area contributed by atoms with Crippen molar-refractivity contribution in [3.8, 4) is 45.0 Å². The van der Waals surface area contributed by atoms with Crippen molar-refractivity contribution < 1.29 is 0 Å². The molecule has 212 valence electrons. The molecule has 2 heterocycles. The van der Waals surface area contributed by atoms with Crippen LogP contribution in [0.2, 0.25) is 0 Å². The summed E-state index contributed by atoms with van der Waals surface area (Å²) in [7, 11) is 0. The number of para-hydroxylation sites is 4. The zero-order valence-corrected chi connectivity index (χ0v) is 25.0. The molecule has 5 heteroatoms. The van der Waals surface area contributed by atoms with Crippen LogP contribution in [0, 0.1) is 0 Å². The van der Waals surface area contributed by atoms with Crippen LogP contribution in [0.15, 0.2) is 168 Å². The second-order valence-corrected chi connectivity index (χ2v) is 11.8. The predicted octanol–water partition coefficient (Wildman–Crippen LogP) is 10.4. The summed E-state index contributed by atoms with van der Waals surface area (Å²) < 4.78 is 0. The Morgan fingerprint density at radius 1 is 0.267 bits per heavy atom. The molecule has 8 rings (SSSR count). The topological polar surface area (TPSA) is 51.6 Å². The van der Waals surface area contributed by atoms with Crippen LogP contribution in [0.4, 0.5) is 0 Å². The summed E-state index contributed by atoms with van der Waals surface area (Å²) >= 11 is 1.73. The van der Waals surface area contributed by atoms with Crippen molar-refractivity contribution in [2.45, 2.75) is 9.79 Å². The van der Waals surface area contributed by atoms with E-state index in [9.17, 15) is 0 Å². The molecule has 0 aliphatic heterocycles. The van der Waals surface area contributed by atoms with Crippen LogP contribution in [0.1, 0.15) is 0 Å². The second-order valence-electron chi connectivity index (χ2n) is 10.7. The lowest BCUT2D eigenvalue weighted by Gasteiger charge is -2.12. The molecule has 0 N–H and O–H groups in total. The van der Waals surface area contributed by atoms with Gasteiger partial charge in [-0.05, 0) is 48.5 Å². The van der Waals surface area contributed by atoms with E-state index in [0.29, 0.717) is 0 Å². The fraction of sp³-hybridized carbons (Fsp3) is 0. The van der Waals surface area contributed by atoms with Gasteiger partial charge in [-0.15, -0.1) is 0 Å². The maximum absolute atomic E-state index is 5.04. The molecule has 2 aromatic heterocycles. The van der Waals surface area contributed by atoms with E-state index in [1.807, 2.05) is 84.9 Å². The minimum Gasteiger partial charge on any atom is -0.244 e. The highest BCUT2D eigenvalue weighted by atomic mass is 32.2. The highest BCUT2D eigenvalue weighted by molar-refractivity contribution is 7.99. The van der Waals surface area contributed by atoms with Crippen molar-refractivity contribution in [3.63, 3.8) is 0 Å². The smallest absolute Gasteiger partial charge is 0.0973 e. The van der Waals surface area contributed by atoms with Gasteiger partial charge in [-0.25, -0.2) is 19.9 Å². The van der Waals surface area contributed by atoms with Gasteiger partial charge in [-0.3, -0.25) is 0 Å². The lowest BCUT2D eigenvalue weighted by Crippen LogP contribution is -1.95. The van der Waals surface area contributed by atoms with Crippen molar-refractivity contribution >= 4 is 33.8 Å². The highest BCUT2D eigenvalue weighted by Crippen LogP contribution is 2.36. The number of aromatic nitrogens is 4. The summed E-state index contributed by atoms with van der Waals surface area (Å²) in [5.41, 5.74) is 11.3. The molecule has 0 atom stereocenters. The van der Waals surface area contributed by atoms with Gasteiger partial charge in [0.15, 0.2) is 0 Å². The van der Waals surface area contributed by atoms with Crippen molar-refractivity contribution in [1.82, 2.24) is 19.9 Å². The average Bonchev–Trinajstić information content (AvgIpc) is 3.12. The normalized spacial score (nSPS) is 11.2. The summed E-state index contributed by atoms with van der Waals surface area (Å²) in [4.78, 5) is 22.4. The maximum Gasteiger partial charge on any atom is 0.0973 e. The molecule has 0 radical (unpaired) electrons. The lowest BCUT2D eigenvalue weighted by atomic mass is 10.0. The highest BCUT2D eigenvalue weighted by Gasteiger charge is 2.15. The Hall–Kier alpha value is -5.65. The molecule has 0 bridgehead atoms. The predicted molar refractivity (Wildman–Crippen MR) is 185 cm³/mol. The molecule has 6 aromatic carbocycles. The first-order chi connectivity index (χ1) is 22.3. The molecule has 0 spiro atoms. The Balaban J connectivity index is 1.09. The molecule has 8 aromatic rings. The van der Waals surface area contributed by atoms with E-state index in [-0.39, 0.29) is 0 Å². The van der Waals surface area contributed by atoms with Crippen LogP contribution < -0.4 is 0 Å². The van der Waals surface area contributed by atoms with Crippen LogP contribution in [-0.4, -0.2) is 19.9 Å². The largest absolute Gasteiger partial charge is 0.244 e. The van der Waals surface area contributed by atoms with Crippen molar-refractivity contribution in [2.75, 3.05) is 0 Å². The summed E-state index contributed by atoms with van der Waals surface area (Å²) in [5, 5.41) is 0. The van der Waals surface area contributed by atoms with E-state index < -0.39 is 0 Å². The van der Waals surface area contributed by atoms with E-state index in [2.05, 4.69) is 72.8 Å². The molecule has 0 aliphatic carbocycles. The van der Waals surface area contributed by atoms with Gasteiger partial charge in [0.1, 0.15) is 0 Å². The van der Waals surface area contributed by atoms with Gasteiger partial charge < -0.3 is 0 Å². The summed E-state index contributed by atoms with van der Waals surface area (Å²) in [6, 6.07) is 53.8. The average molecular weight is 595 g/mol. The zero-order valence-electron chi connectivity index (χ0n) is 24.2. The van der Waals surface area contributed by atoms with Gasteiger partial charge >= 0.3 is 0 Å². The minimum atomic E-state index is 0.881. The Morgan fingerprint density at radius 2 is 0.533 bits per heavy atom. The second kappa shape index (κ2) is 11.8. The molecular weight excluding hydrogens is 569 g/mol. The molecular formula is C40H26N4S. The molecule has 0 unspecified atom stereocenters. The third kappa shape index (κ3) is 5.46. The van der Waals surface area contributed by atoms with Crippen molar-refractivity contribution in [2.24, 2.45) is 0 Å². The van der Waals surface area contributed by atoms with E-state index in [1.165, 1.54) is 0 Å². The van der Waals surface area contributed by atoms with E-state index >= 15 is 0 Å². The number of rotatable bonds is 6. The fourth-order valence-corrected chi connectivity index (χ4v) is 6.31. The van der Waals surface area contributed by atoms with Gasteiger partial charge in [0.05, 0.1) is 44.8 Å². The van der Waals surface area contributed by atoms with Crippen LogP contribution in [0.25, 0.3) is 67.1 Å². The fourth-order valence-electron chi connectivity index (χ4n) is 5.49. The molecule has 0 saturated heterocycles. The third-order valence-electron chi connectivity index (χ3n) is 7.73. The molecule has 0 fully saturated rings. The molecule has 0 amide bonds. The Kier molecular flexibility index (Phi) is 7.06. The number of nitrogens with zero attached hydrogens (tertiary/aromatic N) is 4. The van der Waals surface area contributed by atoms with Gasteiger partial charge in [0.25, 0.3) is 0 Å². The molecule has 4 nitrogen and oxygen atoms in total. The summed E-state index contributed by atoms with van der Waals surface area (Å²) in [6.45, 7) is 0. The monoisotopic (exact) mass is 594 g/mol. The van der Waals surface area contributed by atoms with Crippen LogP contribution in [0.3, 0.4) is 0 Å². The Morgan fingerprint density at radius 3 is 0.844 bits per heavy atom. The number of hydrogen-bond acceptors (Lipinski definition) is 5. The van der Waals surface area contributed by atoms with Crippen LogP contribution in [0.5, 0.6) is 0 Å². The van der Waals surface area contributed by atoms with Gasteiger partial charge in [0.2, 0.25) is 0 Å². The minimum absolute atomic E-state index is 0.881. The SMILES string of the molecule is c1ccc(-c2nc3ccccc3nc2-c2ccc(Sc3ccc(-c4nc5ccccc5nc4-c4ccccc4)cc3)cc2)cc1. The molecule has 45 heavy (non-hydrogen) atoms. The number of fused-ring (bicyclic) bond motifs is 2.